The van der Waals surface area contributed by atoms with Crippen molar-refractivity contribution >= 4 is 47.0 Å². The van der Waals surface area contributed by atoms with Crippen LogP contribution in [0.5, 0.6) is 0 Å². The minimum atomic E-state index is -0.0398. The number of nitrogens with zero attached hydrogens (tertiary/aromatic N) is 1. The Labute approximate surface area is 250 Å². The summed E-state index contributed by atoms with van der Waals surface area (Å²) in [6.07, 6.45) is 8.77. The van der Waals surface area contributed by atoms with E-state index < -0.39 is 0 Å². The number of nitrogens with two attached hydrogens (primary N) is 1. The molecule has 0 aromatic rings. The van der Waals surface area contributed by atoms with E-state index in [1.54, 1.807) is 0 Å². The van der Waals surface area contributed by atoms with Crippen molar-refractivity contribution in [2.75, 3.05) is 44.4 Å². The standard InChI is InChI=1S/C28H44N6O3S3/c29-18-3-1-2-4-19(18)31-21-9-15-12-30-28(36)24(15)27(32-21)33-22-10-16(13-38-22)17-14-39-26-20(35)11-23(40-25(17)26)34-5-7-37-8-6-34/h11,15-19,21-22,24-27,31-33H,1-10,12-14,29H2,(H,30,36)/t15?,16?,17?,18-,19+,21?,22?,24?,25?,26?,27?/m1/s1. The molecule has 5 saturated heterocycles. The number of ether oxygens (including phenoxy) is 1. The van der Waals surface area contributed by atoms with E-state index in [0.717, 1.165) is 75.1 Å². The maximum absolute atomic E-state index is 13.1. The van der Waals surface area contributed by atoms with E-state index in [1.807, 2.05) is 41.4 Å². The summed E-state index contributed by atoms with van der Waals surface area (Å²) in [4.78, 5) is 28.3. The predicted molar refractivity (Wildman–Crippen MR) is 163 cm³/mol. The van der Waals surface area contributed by atoms with Gasteiger partial charge in [0.05, 0.1) is 47.1 Å². The number of carbonyl (C=O) groups excluding carboxylic acids is 2. The van der Waals surface area contributed by atoms with E-state index in [-0.39, 0.29) is 35.4 Å². The fraction of sp³-hybridized carbons (Fsp3) is 0.857. The van der Waals surface area contributed by atoms with Gasteiger partial charge in [-0.2, -0.15) is 0 Å². The summed E-state index contributed by atoms with van der Waals surface area (Å²) in [5.74, 6) is 4.10. The monoisotopic (exact) mass is 608 g/mol. The normalized spacial score (nSPS) is 45.7. The first-order chi connectivity index (χ1) is 19.5. The van der Waals surface area contributed by atoms with Crippen LogP contribution in [0, 0.1) is 23.7 Å². The highest BCUT2D eigenvalue weighted by Gasteiger charge is 2.50. The van der Waals surface area contributed by atoms with Crippen LogP contribution in [0.2, 0.25) is 0 Å². The molecule has 0 bridgehead atoms. The maximum atomic E-state index is 13.1. The van der Waals surface area contributed by atoms with Gasteiger partial charge in [0, 0.05) is 43.0 Å². The topological polar surface area (TPSA) is 121 Å². The van der Waals surface area contributed by atoms with Crippen molar-refractivity contribution in [3.05, 3.63) is 11.1 Å². The molecule has 0 aromatic carbocycles. The van der Waals surface area contributed by atoms with Gasteiger partial charge in [0.25, 0.3) is 0 Å². The molecule has 6 heterocycles. The quantitative estimate of drug-likeness (QED) is 0.298. The molecule has 0 aromatic heterocycles. The molecule has 6 N–H and O–H groups in total. The number of amides is 1. The third-order valence-corrected chi connectivity index (χ3v) is 14.7. The largest absolute Gasteiger partial charge is 0.378 e. The lowest BCUT2D eigenvalue weighted by Crippen LogP contribution is -2.66. The molecule has 1 aliphatic carbocycles. The van der Waals surface area contributed by atoms with Crippen LogP contribution in [0.15, 0.2) is 11.1 Å². The van der Waals surface area contributed by atoms with Crippen LogP contribution in [-0.2, 0) is 14.3 Å². The molecule has 0 radical (unpaired) electrons. The number of hydrogen-bond donors (Lipinski definition) is 5. The molecule has 6 aliphatic heterocycles. The number of morpholine rings is 1. The number of ketones is 1. The van der Waals surface area contributed by atoms with E-state index in [0.29, 0.717) is 40.2 Å². The molecule has 1 amide bonds. The van der Waals surface area contributed by atoms with Gasteiger partial charge < -0.3 is 20.7 Å². The van der Waals surface area contributed by atoms with Crippen LogP contribution in [0.4, 0.5) is 0 Å². The summed E-state index contributed by atoms with van der Waals surface area (Å²) in [7, 11) is 0. The Morgan fingerprint density at radius 2 is 1.88 bits per heavy atom. The van der Waals surface area contributed by atoms with Crippen molar-refractivity contribution in [1.82, 2.24) is 26.2 Å². The van der Waals surface area contributed by atoms with E-state index in [9.17, 15) is 9.59 Å². The van der Waals surface area contributed by atoms with E-state index >= 15 is 0 Å². The summed E-state index contributed by atoms with van der Waals surface area (Å²) in [5, 5.41) is 16.6. The maximum Gasteiger partial charge on any atom is 0.226 e. The summed E-state index contributed by atoms with van der Waals surface area (Å²) < 4.78 is 5.55. The molecule has 40 heavy (non-hydrogen) atoms. The van der Waals surface area contributed by atoms with Gasteiger partial charge in [-0.1, -0.05) is 12.8 Å². The van der Waals surface area contributed by atoms with Crippen LogP contribution in [0.3, 0.4) is 0 Å². The molecule has 1 saturated carbocycles. The Kier molecular flexibility index (Phi) is 8.68. The first-order valence-corrected chi connectivity index (χ1v) is 18.3. The number of rotatable bonds is 6. The Morgan fingerprint density at radius 1 is 1.02 bits per heavy atom. The van der Waals surface area contributed by atoms with E-state index in [4.69, 9.17) is 10.5 Å². The second-order valence-electron chi connectivity index (χ2n) is 12.7. The van der Waals surface area contributed by atoms with Crippen LogP contribution in [0.25, 0.3) is 0 Å². The van der Waals surface area contributed by atoms with Crippen LogP contribution >= 0.6 is 35.3 Å². The molecule has 7 rings (SSSR count). The number of carbonyl (C=O) groups is 2. The number of allylic oxidation sites excluding steroid dienone is 1. The van der Waals surface area contributed by atoms with Gasteiger partial charge in [0.1, 0.15) is 0 Å². The van der Waals surface area contributed by atoms with Crippen molar-refractivity contribution in [2.24, 2.45) is 29.4 Å². The third kappa shape index (κ3) is 5.73. The highest BCUT2D eigenvalue weighted by Crippen LogP contribution is 2.52. The molecule has 0 spiro atoms. The van der Waals surface area contributed by atoms with Gasteiger partial charge in [0.15, 0.2) is 5.78 Å². The van der Waals surface area contributed by atoms with Crippen molar-refractivity contribution in [2.45, 2.75) is 78.8 Å². The predicted octanol–water partition coefficient (Wildman–Crippen LogP) is 1.11. The van der Waals surface area contributed by atoms with Crippen LogP contribution in [-0.4, -0.2) is 101 Å². The lowest BCUT2D eigenvalue weighted by atomic mass is 9.83. The van der Waals surface area contributed by atoms with Crippen molar-refractivity contribution < 1.29 is 14.3 Å². The van der Waals surface area contributed by atoms with Gasteiger partial charge in [-0.15, -0.1) is 35.3 Å². The van der Waals surface area contributed by atoms with Gasteiger partial charge >= 0.3 is 0 Å². The molecule has 9 unspecified atom stereocenters. The zero-order valence-electron chi connectivity index (χ0n) is 23.1. The van der Waals surface area contributed by atoms with Gasteiger partial charge in [-0.3, -0.25) is 25.5 Å². The number of fused-ring (bicyclic) bond motifs is 2. The Bertz CT molecular complexity index is 998. The summed E-state index contributed by atoms with van der Waals surface area (Å²) in [6, 6.07) is 0.559. The molecule has 7 aliphatic rings. The molecule has 222 valence electrons. The lowest BCUT2D eigenvalue weighted by Gasteiger charge is -2.42. The zero-order valence-corrected chi connectivity index (χ0v) is 25.5. The highest BCUT2D eigenvalue weighted by atomic mass is 32.2. The minimum Gasteiger partial charge on any atom is -0.378 e. The number of thioether (sulfide) groups is 3. The molecule has 11 atom stereocenters. The van der Waals surface area contributed by atoms with Crippen LogP contribution in [0.1, 0.15) is 38.5 Å². The SMILES string of the molecule is N[C@@H]1CCCC[C@@H]1NC1CC2CNC(=O)C2C(NC2CC(C3CSC4C(=O)C=C(N5CCOCC5)SC43)CS2)N1. The first-order valence-electron chi connectivity index (χ1n) is 15.3. The van der Waals surface area contributed by atoms with Gasteiger partial charge in [-0.05, 0) is 54.9 Å². The second-order valence-corrected chi connectivity index (χ2v) is 16.3. The van der Waals surface area contributed by atoms with Crippen molar-refractivity contribution in [1.29, 1.82) is 0 Å². The third-order valence-electron chi connectivity index (χ3n) is 10.2. The second kappa shape index (κ2) is 12.3. The number of piperidine rings is 1. The fourth-order valence-corrected chi connectivity index (χ4v) is 13.0. The Morgan fingerprint density at radius 3 is 2.73 bits per heavy atom. The van der Waals surface area contributed by atoms with Crippen LogP contribution < -0.4 is 27.0 Å². The molecular formula is C28H44N6O3S3. The molecule has 12 heteroatoms. The Balaban J connectivity index is 0.985. The summed E-state index contributed by atoms with van der Waals surface area (Å²) >= 11 is 5.83. The first kappa shape index (κ1) is 28.3. The molecule has 9 nitrogen and oxygen atoms in total. The van der Waals surface area contributed by atoms with E-state index in [2.05, 4.69) is 26.2 Å². The molecule has 6 fully saturated rings. The van der Waals surface area contributed by atoms with Gasteiger partial charge in [0.2, 0.25) is 5.91 Å². The van der Waals surface area contributed by atoms with Crippen molar-refractivity contribution in [3.63, 3.8) is 0 Å². The molecular weight excluding hydrogens is 565 g/mol. The lowest BCUT2D eigenvalue weighted by molar-refractivity contribution is -0.125. The fourth-order valence-electron chi connectivity index (χ4n) is 7.95. The highest BCUT2D eigenvalue weighted by molar-refractivity contribution is 8.07. The summed E-state index contributed by atoms with van der Waals surface area (Å²) in [5.41, 5.74) is 6.46. The smallest absolute Gasteiger partial charge is 0.226 e. The average molecular weight is 609 g/mol. The minimum absolute atomic E-state index is 0.0307. The van der Waals surface area contributed by atoms with Gasteiger partial charge in [-0.25, -0.2) is 0 Å². The number of hydrogen-bond acceptors (Lipinski definition) is 11. The average Bonchev–Trinajstić information content (AvgIpc) is 3.69. The Hall–Kier alpha value is -0.470. The van der Waals surface area contributed by atoms with Crippen molar-refractivity contribution in [3.8, 4) is 0 Å². The number of nitrogens with one attached hydrogen (secondary N) is 4. The summed E-state index contributed by atoms with van der Waals surface area (Å²) in [6.45, 7) is 4.00. The van der Waals surface area contributed by atoms with E-state index in [1.165, 1.54) is 12.8 Å². The zero-order chi connectivity index (χ0) is 27.2.